The van der Waals surface area contributed by atoms with Gasteiger partial charge in [-0.15, -0.1) is 0 Å². The van der Waals surface area contributed by atoms with Crippen LogP contribution in [0.3, 0.4) is 0 Å². The zero-order chi connectivity index (χ0) is 10.7. The maximum atomic E-state index is 5.57. The normalized spacial score (nSPS) is 17.7. The third kappa shape index (κ3) is 3.26. The molecule has 0 aromatic carbocycles. The topological polar surface area (TPSA) is 50.9 Å². The molecule has 0 amide bonds. The second-order valence-electron chi connectivity index (χ2n) is 4.18. The van der Waals surface area contributed by atoms with E-state index in [4.69, 9.17) is 5.84 Å². The highest BCUT2D eigenvalue weighted by Crippen LogP contribution is 2.35. The van der Waals surface area contributed by atoms with Gasteiger partial charge in [0.25, 0.3) is 0 Å². The summed E-state index contributed by atoms with van der Waals surface area (Å²) in [5, 5.41) is 0. The first kappa shape index (κ1) is 11.0. The quantitative estimate of drug-likeness (QED) is 0.638. The minimum absolute atomic E-state index is 0.232. The number of nitrogens with zero attached hydrogens (tertiary/aromatic N) is 1. The van der Waals surface area contributed by atoms with Gasteiger partial charge >= 0.3 is 0 Å². The van der Waals surface area contributed by atoms with E-state index in [9.17, 15) is 0 Å². The highest BCUT2D eigenvalue weighted by atomic mass is 79.9. The summed E-state index contributed by atoms with van der Waals surface area (Å²) < 4.78 is 1.01. The van der Waals surface area contributed by atoms with Crippen molar-refractivity contribution < 1.29 is 0 Å². The first-order valence-electron chi connectivity index (χ1n) is 5.36. The lowest BCUT2D eigenvalue weighted by atomic mass is 10.0. The molecule has 0 aliphatic heterocycles. The molecule has 0 saturated heterocycles. The van der Waals surface area contributed by atoms with Gasteiger partial charge in [0.05, 0.1) is 0 Å². The second kappa shape index (κ2) is 5.05. The number of halogens is 1. The van der Waals surface area contributed by atoms with Crippen molar-refractivity contribution in [2.75, 3.05) is 0 Å². The summed E-state index contributed by atoms with van der Waals surface area (Å²) in [7, 11) is 0. The summed E-state index contributed by atoms with van der Waals surface area (Å²) in [6.45, 7) is 0. The molecule has 1 fully saturated rings. The van der Waals surface area contributed by atoms with Crippen molar-refractivity contribution >= 4 is 15.9 Å². The average molecular weight is 270 g/mol. The van der Waals surface area contributed by atoms with E-state index in [2.05, 4.69) is 32.4 Å². The van der Waals surface area contributed by atoms with Crippen LogP contribution in [-0.2, 0) is 0 Å². The fourth-order valence-electron chi connectivity index (χ4n) is 1.77. The molecule has 1 saturated carbocycles. The molecule has 1 aromatic rings. The molecule has 1 unspecified atom stereocenters. The van der Waals surface area contributed by atoms with E-state index in [-0.39, 0.29) is 6.04 Å². The van der Waals surface area contributed by atoms with Gasteiger partial charge in [0, 0.05) is 22.9 Å². The summed E-state index contributed by atoms with van der Waals surface area (Å²) in [6, 6.07) is 2.31. The lowest BCUT2D eigenvalue weighted by Crippen LogP contribution is -2.28. The van der Waals surface area contributed by atoms with Gasteiger partial charge in [0.15, 0.2) is 0 Å². The smallest absolute Gasteiger partial charge is 0.0475 e. The van der Waals surface area contributed by atoms with Crippen LogP contribution in [0.2, 0.25) is 0 Å². The molecule has 82 valence electrons. The number of hydrogen-bond donors (Lipinski definition) is 2. The second-order valence-corrected chi connectivity index (χ2v) is 5.09. The first-order valence-corrected chi connectivity index (χ1v) is 6.15. The zero-order valence-corrected chi connectivity index (χ0v) is 10.2. The maximum Gasteiger partial charge on any atom is 0.0475 e. The summed E-state index contributed by atoms with van der Waals surface area (Å²) in [5.74, 6) is 6.51. The van der Waals surface area contributed by atoms with Crippen LogP contribution in [0.5, 0.6) is 0 Å². The molecule has 0 bridgehead atoms. The van der Waals surface area contributed by atoms with E-state index >= 15 is 0 Å². The third-order valence-electron chi connectivity index (χ3n) is 2.89. The van der Waals surface area contributed by atoms with Crippen molar-refractivity contribution in [2.24, 2.45) is 11.8 Å². The summed E-state index contributed by atoms with van der Waals surface area (Å²) in [5.41, 5.74) is 4.03. The monoisotopic (exact) mass is 269 g/mol. The van der Waals surface area contributed by atoms with Crippen molar-refractivity contribution in [3.63, 3.8) is 0 Å². The molecule has 4 heteroatoms. The molecule has 2 rings (SSSR count). The van der Waals surface area contributed by atoms with Crippen molar-refractivity contribution in [1.82, 2.24) is 10.4 Å². The number of aromatic nitrogens is 1. The zero-order valence-electron chi connectivity index (χ0n) is 8.62. The molecular weight excluding hydrogens is 254 g/mol. The Hall–Kier alpha value is -0.450. The SMILES string of the molecule is NNC(CCC1CC1)c1cncc(Br)c1. The van der Waals surface area contributed by atoms with Gasteiger partial charge in [0.2, 0.25) is 0 Å². The summed E-state index contributed by atoms with van der Waals surface area (Å²) in [4.78, 5) is 4.15. The molecule has 1 heterocycles. The Balaban J connectivity index is 1.97. The predicted molar refractivity (Wildman–Crippen MR) is 64.0 cm³/mol. The highest BCUT2D eigenvalue weighted by Gasteiger charge is 2.22. The summed E-state index contributed by atoms with van der Waals surface area (Å²) in [6.07, 6.45) is 8.82. The van der Waals surface area contributed by atoms with E-state index in [1.165, 1.54) is 19.3 Å². The van der Waals surface area contributed by atoms with Crippen LogP contribution in [0.25, 0.3) is 0 Å². The van der Waals surface area contributed by atoms with Crippen molar-refractivity contribution in [2.45, 2.75) is 31.7 Å². The van der Waals surface area contributed by atoms with Crippen LogP contribution in [0.4, 0.5) is 0 Å². The molecular formula is C11H16BrN3. The minimum Gasteiger partial charge on any atom is -0.271 e. The van der Waals surface area contributed by atoms with Gasteiger partial charge in [-0.2, -0.15) is 0 Å². The largest absolute Gasteiger partial charge is 0.271 e. The van der Waals surface area contributed by atoms with E-state index < -0.39 is 0 Å². The van der Waals surface area contributed by atoms with Gasteiger partial charge < -0.3 is 0 Å². The first-order chi connectivity index (χ1) is 7.29. The van der Waals surface area contributed by atoms with Gasteiger partial charge in [0.1, 0.15) is 0 Å². The Bertz CT molecular complexity index is 325. The van der Waals surface area contributed by atoms with Crippen LogP contribution in [0, 0.1) is 5.92 Å². The van der Waals surface area contributed by atoms with E-state index in [1.54, 1.807) is 6.20 Å². The Labute approximate surface area is 98.6 Å². The lowest BCUT2D eigenvalue weighted by Gasteiger charge is -2.15. The van der Waals surface area contributed by atoms with Crippen LogP contribution in [-0.4, -0.2) is 4.98 Å². The third-order valence-corrected chi connectivity index (χ3v) is 3.32. The summed E-state index contributed by atoms with van der Waals surface area (Å²) >= 11 is 3.42. The number of pyridine rings is 1. The van der Waals surface area contributed by atoms with E-state index in [0.717, 1.165) is 22.4 Å². The van der Waals surface area contributed by atoms with Crippen molar-refractivity contribution in [3.8, 4) is 0 Å². The molecule has 15 heavy (non-hydrogen) atoms. The molecule has 1 aliphatic carbocycles. The van der Waals surface area contributed by atoms with Crippen LogP contribution < -0.4 is 11.3 Å². The van der Waals surface area contributed by atoms with Crippen LogP contribution in [0.15, 0.2) is 22.9 Å². The highest BCUT2D eigenvalue weighted by molar-refractivity contribution is 9.10. The Morgan fingerprint density at radius 3 is 2.93 bits per heavy atom. The number of nitrogens with two attached hydrogens (primary N) is 1. The fraction of sp³-hybridized carbons (Fsp3) is 0.545. The maximum absolute atomic E-state index is 5.57. The van der Waals surface area contributed by atoms with Gasteiger partial charge in [-0.3, -0.25) is 16.3 Å². The number of nitrogens with one attached hydrogen (secondary N) is 1. The number of hydrogen-bond acceptors (Lipinski definition) is 3. The number of rotatable bonds is 5. The molecule has 1 aliphatic rings. The van der Waals surface area contributed by atoms with Crippen molar-refractivity contribution in [1.29, 1.82) is 0 Å². The van der Waals surface area contributed by atoms with Gasteiger partial charge in [-0.1, -0.05) is 12.8 Å². The lowest BCUT2D eigenvalue weighted by molar-refractivity contribution is 0.480. The van der Waals surface area contributed by atoms with Gasteiger partial charge in [-0.25, -0.2) is 0 Å². The predicted octanol–water partition coefficient (Wildman–Crippen LogP) is 2.54. The fourth-order valence-corrected chi connectivity index (χ4v) is 2.16. The Morgan fingerprint density at radius 1 is 1.53 bits per heavy atom. The van der Waals surface area contributed by atoms with Gasteiger partial charge in [-0.05, 0) is 46.3 Å². The molecule has 3 N–H and O–H groups in total. The molecule has 1 atom stereocenters. The molecule has 3 nitrogen and oxygen atoms in total. The molecule has 1 aromatic heterocycles. The van der Waals surface area contributed by atoms with Crippen LogP contribution in [0.1, 0.15) is 37.3 Å². The number of hydrazine groups is 1. The van der Waals surface area contributed by atoms with E-state index in [1.807, 2.05) is 6.20 Å². The minimum atomic E-state index is 0.232. The Morgan fingerprint density at radius 2 is 2.33 bits per heavy atom. The Kier molecular flexibility index (Phi) is 3.72. The van der Waals surface area contributed by atoms with Crippen LogP contribution >= 0.6 is 15.9 Å². The standard InChI is InChI=1S/C11H16BrN3/c12-10-5-9(6-14-7-10)11(15-13)4-3-8-1-2-8/h5-8,11,15H,1-4,13H2. The van der Waals surface area contributed by atoms with E-state index in [0.29, 0.717) is 0 Å². The average Bonchev–Trinajstić information content (AvgIpc) is 3.03. The molecule has 0 spiro atoms. The van der Waals surface area contributed by atoms with Crippen molar-refractivity contribution in [3.05, 3.63) is 28.5 Å². The molecule has 0 radical (unpaired) electrons.